The molecule has 1 atom stereocenters. The topological polar surface area (TPSA) is 55.2 Å². The van der Waals surface area contributed by atoms with Crippen LogP contribution in [0.3, 0.4) is 0 Å². The van der Waals surface area contributed by atoms with Crippen LogP contribution in [0.5, 0.6) is 0 Å². The van der Waals surface area contributed by atoms with E-state index in [9.17, 15) is 10.1 Å². The van der Waals surface area contributed by atoms with Crippen LogP contribution in [0.4, 0.5) is 0 Å². The van der Waals surface area contributed by atoms with Crippen molar-refractivity contribution in [3.8, 4) is 0 Å². The van der Waals surface area contributed by atoms with Crippen LogP contribution < -0.4 is 5.32 Å². The van der Waals surface area contributed by atoms with Crippen molar-refractivity contribution >= 4 is 0 Å². The molecule has 1 aliphatic rings. The zero-order valence-electron chi connectivity index (χ0n) is 8.40. The Labute approximate surface area is 83.8 Å². The number of nitrogens with zero attached hydrogens (tertiary/aromatic N) is 1. The Morgan fingerprint density at radius 2 is 2.36 bits per heavy atom. The number of nitro groups is 1. The number of dihydropyridines is 1. The van der Waals surface area contributed by atoms with Gasteiger partial charge in [0, 0.05) is 0 Å². The summed E-state index contributed by atoms with van der Waals surface area (Å²) in [5, 5.41) is 13.4. The van der Waals surface area contributed by atoms with Gasteiger partial charge in [0.15, 0.2) is 0 Å². The fraction of sp³-hybridized carbons (Fsp3) is 0.600. The van der Waals surface area contributed by atoms with Crippen LogP contribution in [0.15, 0.2) is 24.2 Å². The molecule has 0 saturated carbocycles. The Balaban J connectivity index is 2.48. The van der Waals surface area contributed by atoms with E-state index in [1.807, 2.05) is 6.08 Å². The summed E-state index contributed by atoms with van der Waals surface area (Å²) in [5.74, 6) is -0.0159. The van der Waals surface area contributed by atoms with E-state index in [0.29, 0.717) is 0 Å². The molecule has 0 fully saturated rings. The molecule has 4 heteroatoms. The van der Waals surface area contributed by atoms with Gasteiger partial charge < -0.3 is 5.32 Å². The average molecular weight is 196 g/mol. The molecule has 78 valence electrons. The minimum atomic E-state index is -0.298. The van der Waals surface area contributed by atoms with Crippen molar-refractivity contribution in [1.29, 1.82) is 0 Å². The molecule has 0 aliphatic carbocycles. The number of hydrogen-bond donors (Lipinski definition) is 1. The molecule has 1 N–H and O–H groups in total. The van der Waals surface area contributed by atoms with Crippen molar-refractivity contribution in [3.63, 3.8) is 0 Å². The smallest absolute Gasteiger partial charge is 0.268 e. The third-order valence-electron chi connectivity index (χ3n) is 2.37. The zero-order chi connectivity index (χ0) is 10.4. The molecule has 0 radical (unpaired) electrons. The second-order valence-electron chi connectivity index (χ2n) is 3.45. The van der Waals surface area contributed by atoms with E-state index in [1.54, 1.807) is 6.20 Å². The van der Waals surface area contributed by atoms with Gasteiger partial charge in [0.05, 0.1) is 17.0 Å². The molecule has 1 unspecified atom stereocenters. The molecule has 1 rings (SSSR count). The minimum absolute atomic E-state index is 0.0159. The summed E-state index contributed by atoms with van der Waals surface area (Å²) in [6.45, 7) is 2.13. The Morgan fingerprint density at radius 3 is 3.00 bits per heavy atom. The zero-order valence-corrected chi connectivity index (χ0v) is 8.40. The van der Waals surface area contributed by atoms with Crippen molar-refractivity contribution in [2.45, 2.75) is 32.6 Å². The highest BCUT2D eigenvalue weighted by molar-refractivity contribution is 5.11. The summed E-state index contributed by atoms with van der Waals surface area (Å²) in [6, 6.07) is 0. The highest BCUT2D eigenvalue weighted by Crippen LogP contribution is 2.22. The van der Waals surface area contributed by atoms with Crippen molar-refractivity contribution in [2.24, 2.45) is 5.92 Å². The summed E-state index contributed by atoms with van der Waals surface area (Å²) in [4.78, 5) is 10.4. The maximum Gasteiger partial charge on any atom is 0.268 e. The van der Waals surface area contributed by atoms with Gasteiger partial charge in [-0.1, -0.05) is 32.3 Å². The predicted molar refractivity (Wildman–Crippen MR) is 55.0 cm³/mol. The van der Waals surface area contributed by atoms with Gasteiger partial charge in [-0.3, -0.25) is 10.1 Å². The van der Waals surface area contributed by atoms with Gasteiger partial charge in [0.1, 0.15) is 0 Å². The van der Waals surface area contributed by atoms with Crippen LogP contribution >= 0.6 is 0 Å². The fourth-order valence-corrected chi connectivity index (χ4v) is 1.56. The summed E-state index contributed by atoms with van der Waals surface area (Å²) in [6.07, 6.45) is 9.33. The first-order chi connectivity index (χ1) is 6.75. The monoisotopic (exact) mass is 196 g/mol. The first-order valence-electron chi connectivity index (χ1n) is 5.03. The Bertz CT molecular complexity index is 259. The van der Waals surface area contributed by atoms with Crippen molar-refractivity contribution in [1.82, 2.24) is 5.32 Å². The fourth-order valence-electron chi connectivity index (χ4n) is 1.56. The molecule has 1 heterocycles. The van der Waals surface area contributed by atoms with E-state index < -0.39 is 0 Å². The van der Waals surface area contributed by atoms with Gasteiger partial charge in [-0.15, -0.1) is 0 Å². The quantitative estimate of drug-likeness (QED) is 0.417. The molecule has 0 aromatic heterocycles. The lowest BCUT2D eigenvalue weighted by Gasteiger charge is -2.13. The normalized spacial score (nSPS) is 20.1. The van der Waals surface area contributed by atoms with Gasteiger partial charge in [-0.05, 0) is 12.6 Å². The van der Waals surface area contributed by atoms with Gasteiger partial charge >= 0.3 is 0 Å². The van der Waals surface area contributed by atoms with E-state index in [1.165, 1.54) is 6.20 Å². The lowest BCUT2D eigenvalue weighted by atomic mass is 9.97. The molecule has 0 aromatic carbocycles. The Morgan fingerprint density at radius 1 is 1.57 bits per heavy atom. The van der Waals surface area contributed by atoms with Crippen LogP contribution in [0.25, 0.3) is 0 Å². The second-order valence-corrected chi connectivity index (χ2v) is 3.45. The predicted octanol–water partition coefficient (Wildman–Crippen LogP) is 2.42. The summed E-state index contributed by atoms with van der Waals surface area (Å²) in [5.41, 5.74) is 0.281. The molecule has 0 aromatic rings. The molecule has 0 amide bonds. The number of hydrogen-bond acceptors (Lipinski definition) is 3. The summed E-state index contributed by atoms with van der Waals surface area (Å²) >= 11 is 0. The van der Waals surface area contributed by atoms with Crippen molar-refractivity contribution in [3.05, 3.63) is 34.3 Å². The van der Waals surface area contributed by atoms with Crippen molar-refractivity contribution < 1.29 is 4.92 Å². The highest BCUT2D eigenvalue weighted by Gasteiger charge is 2.23. The lowest BCUT2D eigenvalue weighted by molar-refractivity contribution is -0.433. The van der Waals surface area contributed by atoms with E-state index >= 15 is 0 Å². The lowest BCUT2D eigenvalue weighted by Crippen LogP contribution is -2.17. The van der Waals surface area contributed by atoms with Crippen LogP contribution in [-0.2, 0) is 0 Å². The highest BCUT2D eigenvalue weighted by atomic mass is 16.6. The number of rotatable bonds is 5. The SMILES string of the molecule is CCCCCC1C=CNC=C1[N+](=O)[O-]. The first-order valence-corrected chi connectivity index (χ1v) is 5.03. The minimum Gasteiger partial charge on any atom is -0.363 e. The molecule has 0 bridgehead atoms. The largest absolute Gasteiger partial charge is 0.363 e. The number of nitrogens with one attached hydrogen (secondary N) is 1. The molecule has 0 saturated heterocycles. The molecule has 4 nitrogen and oxygen atoms in total. The third-order valence-corrected chi connectivity index (χ3v) is 2.37. The van der Waals surface area contributed by atoms with Gasteiger partial charge in [0.2, 0.25) is 0 Å². The van der Waals surface area contributed by atoms with Crippen molar-refractivity contribution in [2.75, 3.05) is 0 Å². The van der Waals surface area contributed by atoms with E-state index in [2.05, 4.69) is 12.2 Å². The average Bonchev–Trinajstić information content (AvgIpc) is 2.19. The second kappa shape index (κ2) is 5.42. The number of allylic oxidation sites excluding steroid dienone is 1. The molecular weight excluding hydrogens is 180 g/mol. The van der Waals surface area contributed by atoms with Gasteiger partial charge in [0.25, 0.3) is 5.70 Å². The molecule has 1 aliphatic heterocycles. The van der Waals surface area contributed by atoms with E-state index in [4.69, 9.17) is 0 Å². The third kappa shape index (κ3) is 2.87. The van der Waals surface area contributed by atoms with E-state index in [0.717, 1.165) is 25.7 Å². The molecular formula is C10H16N2O2. The summed E-state index contributed by atoms with van der Waals surface area (Å²) < 4.78 is 0. The maximum atomic E-state index is 10.7. The van der Waals surface area contributed by atoms with Crippen LogP contribution in [-0.4, -0.2) is 4.92 Å². The van der Waals surface area contributed by atoms with Gasteiger partial charge in [-0.25, -0.2) is 0 Å². The first kappa shape index (κ1) is 10.8. The standard InChI is InChI=1S/C10H16N2O2/c1-2-3-4-5-9-6-7-11-8-10(9)12(13)14/h6-9,11H,2-5H2,1H3. The Hall–Kier alpha value is -1.32. The van der Waals surface area contributed by atoms with Crippen LogP contribution in [0, 0.1) is 16.0 Å². The van der Waals surface area contributed by atoms with Gasteiger partial charge in [-0.2, -0.15) is 0 Å². The van der Waals surface area contributed by atoms with Crippen LogP contribution in [0.1, 0.15) is 32.6 Å². The Kier molecular flexibility index (Phi) is 4.16. The molecule has 0 spiro atoms. The number of unbranched alkanes of at least 4 members (excludes halogenated alkanes) is 2. The summed E-state index contributed by atoms with van der Waals surface area (Å²) in [7, 11) is 0. The maximum absolute atomic E-state index is 10.7. The van der Waals surface area contributed by atoms with E-state index in [-0.39, 0.29) is 16.5 Å². The van der Waals surface area contributed by atoms with Crippen LogP contribution in [0.2, 0.25) is 0 Å². The molecule has 14 heavy (non-hydrogen) atoms.